The fraction of sp³-hybridized carbons (Fsp3) is 0.467. The fourth-order valence-corrected chi connectivity index (χ4v) is 2.41. The highest BCUT2D eigenvalue weighted by atomic mass is 16.5. The van der Waals surface area contributed by atoms with Crippen LogP contribution in [0.15, 0.2) is 18.2 Å². The fourth-order valence-electron chi connectivity index (χ4n) is 2.41. The lowest BCUT2D eigenvalue weighted by Gasteiger charge is -2.39. The lowest BCUT2D eigenvalue weighted by Crippen LogP contribution is -2.65. The molecule has 2 rings (SSSR count). The number of nitrogens with one attached hydrogen (secondary N) is 1. The van der Waals surface area contributed by atoms with Crippen LogP contribution in [0.2, 0.25) is 0 Å². The molecule has 1 aromatic carbocycles. The van der Waals surface area contributed by atoms with E-state index in [1.165, 1.54) is 0 Å². The van der Waals surface area contributed by atoms with Crippen molar-refractivity contribution in [1.82, 2.24) is 5.32 Å². The van der Waals surface area contributed by atoms with Crippen molar-refractivity contribution in [3.05, 3.63) is 23.8 Å². The first-order chi connectivity index (χ1) is 9.41. The number of rotatable bonds is 3. The van der Waals surface area contributed by atoms with Crippen molar-refractivity contribution < 1.29 is 14.3 Å². The van der Waals surface area contributed by atoms with Gasteiger partial charge in [0.25, 0.3) is 5.91 Å². The molecule has 0 aromatic heterocycles. The summed E-state index contributed by atoms with van der Waals surface area (Å²) in [6, 6.07) is 5.48. The Hall–Kier alpha value is -2.04. The molecule has 1 aliphatic heterocycles. The first-order valence-electron chi connectivity index (χ1n) is 6.69. The molecule has 108 valence electrons. The number of anilines is 1. The highest BCUT2D eigenvalue weighted by Gasteiger charge is 2.42. The SMILES string of the molecule is CCC1(C)NC(=O)CN(c2ccc(OC)cc2C)C1=O. The minimum absolute atomic E-state index is 0.0571. The second kappa shape index (κ2) is 5.15. The number of nitrogens with zero attached hydrogens (tertiary/aromatic N) is 1. The Morgan fingerprint density at radius 2 is 2.10 bits per heavy atom. The van der Waals surface area contributed by atoms with E-state index < -0.39 is 5.54 Å². The number of piperazine rings is 1. The summed E-state index contributed by atoms with van der Waals surface area (Å²) >= 11 is 0. The van der Waals surface area contributed by atoms with E-state index in [1.807, 2.05) is 26.0 Å². The molecule has 2 amide bonds. The Labute approximate surface area is 118 Å². The summed E-state index contributed by atoms with van der Waals surface area (Å²) in [5.74, 6) is 0.524. The average molecular weight is 276 g/mol. The molecular formula is C15H20N2O3. The minimum atomic E-state index is -0.832. The van der Waals surface area contributed by atoms with E-state index in [2.05, 4.69) is 5.32 Å². The van der Waals surface area contributed by atoms with Crippen LogP contribution in [0, 0.1) is 6.92 Å². The molecule has 1 N–H and O–H groups in total. The van der Waals surface area contributed by atoms with Gasteiger partial charge in [-0.05, 0) is 44.0 Å². The van der Waals surface area contributed by atoms with Crippen LogP contribution < -0.4 is 15.0 Å². The van der Waals surface area contributed by atoms with Crippen molar-refractivity contribution in [2.24, 2.45) is 0 Å². The number of methoxy groups -OCH3 is 1. The molecule has 0 saturated carbocycles. The maximum atomic E-state index is 12.6. The van der Waals surface area contributed by atoms with E-state index in [0.29, 0.717) is 6.42 Å². The van der Waals surface area contributed by atoms with Crippen molar-refractivity contribution in [3.8, 4) is 5.75 Å². The van der Waals surface area contributed by atoms with Gasteiger partial charge in [0.15, 0.2) is 0 Å². The summed E-state index contributed by atoms with van der Waals surface area (Å²) in [5.41, 5.74) is 0.831. The van der Waals surface area contributed by atoms with Gasteiger partial charge in [-0.1, -0.05) is 6.92 Å². The van der Waals surface area contributed by atoms with E-state index in [4.69, 9.17) is 4.74 Å². The topological polar surface area (TPSA) is 58.6 Å². The van der Waals surface area contributed by atoms with Crippen LogP contribution in [0.4, 0.5) is 5.69 Å². The molecule has 0 spiro atoms. The molecule has 0 radical (unpaired) electrons. The van der Waals surface area contributed by atoms with Crippen LogP contribution in [0.3, 0.4) is 0 Å². The van der Waals surface area contributed by atoms with Crippen molar-refractivity contribution in [3.63, 3.8) is 0 Å². The molecular weight excluding hydrogens is 256 g/mol. The van der Waals surface area contributed by atoms with E-state index in [-0.39, 0.29) is 18.4 Å². The molecule has 1 aliphatic rings. The van der Waals surface area contributed by atoms with Gasteiger partial charge < -0.3 is 15.0 Å². The second-order valence-electron chi connectivity index (χ2n) is 5.28. The van der Waals surface area contributed by atoms with Gasteiger partial charge in [0.1, 0.15) is 17.8 Å². The monoisotopic (exact) mass is 276 g/mol. The summed E-state index contributed by atoms with van der Waals surface area (Å²) in [7, 11) is 1.60. The van der Waals surface area contributed by atoms with Crippen molar-refractivity contribution >= 4 is 17.5 Å². The zero-order valence-corrected chi connectivity index (χ0v) is 12.3. The first-order valence-corrected chi connectivity index (χ1v) is 6.69. The third kappa shape index (κ3) is 2.35. The maximum Gasteiger partial charge on any atom is 0.252 e. The highest BCUT2D eigenvalue weighted by molar-refractivity contribution is 6.09. The zero-order chi connectivity index (χ0) is 14.9. The summed E-state index contributed by atoms with van der Waals surface area (Å²) in [6.07, 6.45) is 0.559. The Kier molecular flexibility index (Phi) is 3.70. The third-order valence-electron chi connectivity index (χ3n) is 3.84. The molecule has 0 bridgehead atoms. The smallest absolute Gasteiger partial charge is 0.252 e. The zero-order valence-electron chi connectivity index (χ0n) is 12.3. The number of ether oxygens (including phenoxy) is 1. The Morgan fingerprint density at radius 3 is 2.65 bits per heavy atom. The summed E-state index contributed by atoms with van der Waals surface area (Å²) in [4.78, 5) is 26.0. The number of amides is 2. The van der Waals surface area contributed by atoms with Crippen LogP contribution in [-0.4, -0.2) is 31.0 Å². The predicted molar refractivity (Wildman–Crippen MR) is 76.9 cm³/mol. The lowest BCUT2D eigenvalue weighted by atomic mass is 9.93. The molecule has 0 aliphatic carbocycles. The average Bonchev–Trinajstić information content (AvgIpc) is 2.43. The standard InChI is InChI=1S/C15H20N2O3/c1-5-15(3)14(19)17(9-13(18)16-15)12-7-6-11(20-4)8-10(12)2/h6-8H,5,9H2,1-4H3,(H,16,18). The van der Waals surface area contributed by atoms with Crippen molar-refractivity contribution in [2.75, 3.05) is 18.6 Å². The van der Waals surface area contributed by atoms with Crippen LogP contribution in [0.5, 0.6) is 5.75 Å². The Bertz CT molecular complexity index is 556. The Morgan fingerprint density at radius 1 is 1.40 bits per heavy atom. The predicted octanol–water partition coefficient (Wildman–Crippen LogP) is 1.64. The van der Waals surface area contributed by atoms with E-state index in [0.717, 1.165) is 17.0 Å². The van der Waals surface area contributed by atoms with Crippen LogP contribution in [0.25, 0.3) is 0 Å². The molecule has 1 heterocycles. The van der Waals surface area contributed by atoms with Crippen molar-refractivity contribution in [2.45, 2.75) is 32.7 Å². The molecule has 1 atom stereocenters. The number of hydrogen-bond acceptors (Lipinski definition) is 3. The van der Waals surface area contributed by atoms with Crippen molar-refractivity contribution in [1.29, 1.82) is 0 Å². The number of carbonyl (C=O) groups is 2. The minimum Gasteiger partial charge on any atom is -0.497 e. The van der Waals surface area contributed by atoms with E-state index in [1.54, 1.807) is 25.0 Å². The molecule has 5 nitrogen and oxygen atoms in total. The largest absolute Gasteiger partial charge is 0.497 e. The quantitative estimate of drug-likeness (QED) is 0.913. The third-order valence-corrected chi connectivity index (χ3v) is 3.84. The van der Waals surface area contributed by atoms with Crippen LogP contribution >= 0.6 is 0 Å². The van der Waals surface area contributed by atoms with Gasteiger partial charge in [-0.2, -0.15) is 0 Å². The molecule has 1 unspecified atom stereocenters. The first kappa shape index (κ1) is 14.4. The second-order valence-corrected chi connectivity index (χ2v) is 5.28. The van der Waals surface area contributed by atoms with Gasteiger partial charge in [0.05, 0.1) is 7.11 Å². The van der Waals surface area contributed by atoms with E-state index in [9.17, 15) is 9.59 Å². The summed E-state index contributed by atoms with van der Waals surface area (Å²) in [6.45, 7) is 5.61. The van der Waals surface area contributed by atoms with Gasteiger partial charge in [-0.25, -0.2) is 0 Å². The number of benzene rings is 1. The van der Waals surface area contributed by atoms with Crippen LogP contribution in [0.1, 0.15) is 25.8 Å². The lowest BCUT2D eigenvalue weighted by molar-refractivity contribution is -0.135. The molecule has 1 fully saturated rings. The van der Waals surface area contributed by atoms with Crippen LogP contribution in [-0.2, 0) is 9.59 Å². The Balaban J connectivity index is 2.41. The van der Waals surface area contributed by atoms with Gasteiger partial charge in [-0.15, -0.1) is 0 Å². The molecule has 1 saturated heterocycles. The number of aryl methyl sites for hydroxylation is 1. The normalized spacial score (nSPS) is 22.7. The van der Waals surface area contributed by atoms with Gasteiger partial charge in [-0.3, -0.25) is 9.59 Å². The molecule has 5 heteroatoms. The summed E-state index contributed by atoms with van der Waals surface area (Å²) in [5, 5.41) is 2.78. The van der Waals surface area contributed by atoms with Gasteiger partial charge in [0, 0.05) is 5.69 Å². The highest BCUT2D eigenvalue weighted by Crippen LogP contribution is 2.29. The molecule has 20 heavy (non-hydrogen) atoms. The molecule has 1 aromatic rings. The van der Waals surface area contributed by atoms with E-state index >= 15 is 0 Å². The number of hydrogen-bond donors (Lipinski definition) is 1. The summed E-state index contributed by atoms with van der Waals surface area (Å²) < 4.78 is 5.16. The van der Waals surface area contributed by atoms with Gasteiger partial charge in [0.2, 0.25) is 5.91 Å². The van der Waals surface area contributed by atoms with Gasteiger partial charge >= 0.3 is 0 Å². The number of carbonyl (C=O) groups excluding carboxylic acids is 2. The maximum absolute atomic E-state index is 12.6.